The second kappa shape index (κ2) is 5.96. The van der Waals surface area contributed by atoms with E-state index in [-0.39, 0.29) is 16.3 Å². The predicted octanol–water partition coefficient (Wildman–Crippen LogP) is 5.06. The fraction of sp³-hybridized carbons (Fsp3) is 0.133. The summed E-state index contributed by atoms with van der Waals surface area (Å²) in [4.78, 5) is 11.9. The Kier molecular flexibility index (Phi) is 4.42. The molecule has 1 N–H and O–H groups in total. The van der Waals surface area contributed by atoms with Crippen LogP contribution in [0, 0.1) is 12.7 Å². The van der Waals surface area contributed by atoms with E-state index in [1.807, 2.05) is 0 Å². The highest BCUT2D eigenvalue weighted by molar-refractivity contribution is 6.31. The highest BCUT2D eigenvalue weighted by atomic mass is 35.5. The molecule has 0 aliphatic carbocycles. The molecule has 0 spiro atoms. The van der Waals surface area contributed by atoms with Crippen LogP contribution in [-0.2, 0) is 6.18 Å². The molecule has 0 heterocycles. The van der Waals surface area contributed by atoms with Gasteiger partial charge in [0.25, 0.3) is 5.91 Å². The number of hydrogen-bond acceptors (Lipinski definition) is 1. The number of rotatable bonds is 2. The molecule has 0 atom stereocenters. The summed E-state index contributed by atoms with van der Waals surface area (Å²) in [5.41, 5.74) is -0.523. The Hall–Kier alpha value is -2.08. The second-order valence-corrected chi connectivity index (χ2v) is 4.97. The first-order valence-corrected chi connectivity index (χ1v) is 6.51. The number of halogens is 5. The maximum atomic E-state index is 13.9. The number of hydrogen-bond donors (Lipinski definition) is 1. The molecule has 0 aliphatic heterocycles. The van der Waals surface area contributed by atoms with Gasteiger partial charge in [-0.3, -0.25) is 4.79 Å². The quantitative estimate of drug-likeness (QED) is 0.766. The lowest BCUT2D eigenvalue weighted by Crippen LogP contribution is -2.14. The first-order chi connectivity index (χ1) is 10.2. The van der Waals surface area contributed by atoms with Gasteiger partial charge in [-0.25, -0.2) is 4.39 Å². The Morgan fingerprint density at radius 1 is 1.09 bits per heavy atom. The molecule has 22 heavy (non-hydrogen) atoms. The summed E-state index contributed by atoms with van der Waals surface area (Å²) in [5, 5.41) is 2.15. The number of amides is 1. The van der Waals surface area contributed by atoms with Crippen molar-refractivity contribution in [1.82, 2.24) is 0 Å². The van der Waals surface area contributed by atoms with Crippen molar-refractivity contribution in [1.29, 1.82) is 0 Å². The second-order valence-electron chi connectivity index (χ2n) is 4.59. The molecule has 0 unspecified atom stereocenters. The van der Waals surface area contributed by atoms with Gasteiger partial charge in [0.15, 0.2) is 5.82 Å². The van der Waals surface area contributed by atoms with E-state index in [9.17, 15) is 22.4 Å². The van der Waals surface area contributed by atoms with Gasteiger partial charge in [0.05, 0.1) is 16.3 Å². The maximum Gasteiger partial charge on any atom is 0.416 e. The van der Waals surface area contributed by atoms with E-state index in [1.165, 1.54) is 12.1 Å². The molecular formula is C15H10ClF4NO. The van der Waals surface area contributed by atoms with Crippen molar-refractivity contribution in [3.8, 4) is 0 Å². The third-order valence-corrected chi connectivity index (χ3v) is 3.46. The van der Waals surface area contributed by atoms with E-state index in [2.05, 4.69) is 5.32 Å². The van der Waals surface area contributed by atoms with Gasteiger partial charge in [-0.1, -0.05) is 17.7 Å². The third-order valence-electron chi connectivity index (χ3n) is 3.00. The van der Waals surface area contributed by atoms with Gasteiger partial charge in [-0.05, 0) is 42.8 Å². The summed E-state index contributed by atoms with van der Waals surface area (Å²) >= 11 is 5.73. The van der Waals surface area contributed by atoms with Crippen molar-refractivity contribution in [2.24, 2.45) is 0 Å². The Balaban J connectivity index is 2.21. The number of aryl methyl sites for hydroxylation is 1. The Bertz CT molecular complexity index is 711. The lowest BCUT2D eigenvalue weighted by molar-refractivity contribution is -0.137. The summed E-state index contributed by atoms with van der Waals surface area (Å²) in [6.07, 6.45) is -4.48. The zero-order valence-corrected chi connectivity index (χ0v) is 12.0. The van der Waals surface area contributed by atoms with Crippen LogP contribution in [0.1, 0.15) is 21.5 Å². The first kappa shape index (κ1) is 16.3. The van der Waals surface area contributed by atoms with Crippen LogP contribution in [0.4, 0.5) is 23.2 Å². The van der Waals surface area contributed by atoms with Gasteiger partial charge in [-0.15, -0.1) is 0 Å². The van der Waals surface area contributed by atoms with E-state index in [1.54, 1.807) is 6.92 Å². The molecule has 2 nitrogen and oxygen atoms in total. The van der Waals surface area contributed by atoms with Crippen molar-refractivity contribution >= 4 is 23.2 Å². The lowest BCUT2D eigenvalue weighted by atomic mass is 10.1. The Morgan fingerprint density at radius 3 is 2.23 bits per heavy atom. The molecule has 0 bridgehead atoms. The molecule has 0 radical (unpaired) electrons. The number of carbonyl (C=O) groups excluding carboxylic acids is 1. The fourth-order valence-electron chi connectivity index (χ4n) is 1.75. The average Bonchev–Trinajstić information content (AvgIpc) is 2.47. The molecule has 7 heteroatoms. The van der Waals surface area contributed by atoms with Crippen LogP contribution in [0.25, 0.3) is 0 Å². The van der Waals surface area contributed by atoms with Gasteiger partial charge in [-0.2, -0.15) is 13.2 Å². The minimum atomic E-state index is -4.48. The van der Waals surface area contributed by atoms with Crippen LogP contribution in [0.3, 0.4) is 0 Å². The molecule has 0 aromatic heterocycles. The summed E-state index contributed by atoms with van der Waals surface area (Å²) in [5.74, 6) is -1.52. The highest BCUT2D eigenvalue weighted by Gasteiger charge is 2.30. The van der Waals surface area contributed by atoms with Crippen LogP contribution >= 0.6 is 11.6 Å². The van der Waals surface area contributed by atoms with Crippen LogP contribution in [-0.4, -0.2) is 5.91 Å². The van der Waals surface area contributed by atoms with Gasteiger partial charge >= 0.3 is 6.18 Å². The molecule has 0 aliphatic rings. The number of nitrogens with one attached hydrogen (secondary N) is 1. The van der Waals surface area contributed by atoms with E-state index >= 15 is 0 Å². The molecule has 0 saturated carbocycles. The van der Waals surface area contributed by atoms with Crippen LogP contribution < -0.4 is 5.32 Å². The molecular weight excluding hydrogens is 322 g/mol. The van der Waals surface area contributed by atoms with Crippen molar-refractivity contribution < 1.29 is 22.4 Å². The Labute approximate surface area is 128 Å². The van der Waals surface area contributed by atoms with Crippen LogP contribution in [0.2, 0.25) is 5.02 Å². The maximum absolute atomic E-state index is 13.9. The van der Waals surface area contributed by atoms with Crippen molar-refractivity contribution in [3.63, 3.8) is 0 Å². The van der Waals surface area contributed by atoms with E-state index in [4.69, 9.17) is 11.6 Å². The summed E-state index contributed by atoms with van der Waals surface area (Å²) < 4.78 is 51.2. The summed E-state index contributed by atoms with van der Waals surface area (Å²) in [6.45, 7) is 1.60. The minimum absolute atomic E-state index is 0.0240. The van der Waals surface area contributed by atoms with Gasteiger partial charge < -0.3 is 5.32 Å². The summed E-state index contributed by atoms with van der Waals surface area (Å²) in [7, 11) is 0. The van der Waals surface area contributed by atoms with Crippen LogP contribution in [0.5, 0.6) is 0 Å². The molecule has 116 valence electrons. The van der Waals surface area contributed by atoms with E-state index in [0.717, 1.165) is 24.3 Å². The Morgan fingerprint density at radius 2 is 1.68 bits per heavy atom. The number of carbonyl (C=O) groups is 1. The predicted molar refractivity (Wildman–Crippen MR) is 75.5 cm³/mol. The highest BCUT2D eigenvalue weighted by Crippen LogP contribution is 2.29. The molecule has 0 fully saturated rings. The third kappa shape index (κ3) is 3.39. The fourth-order valence-corrected chi connectivity index (χ4v) is 1.91. The molecule has 0 saturated heterocycles. The van der Waals surface area contributed by atoms with Crippen molar-refractivity contribution in [3.05, 3.63) is 63.9 Å². The number of anilines is 1. The normalized spacial score (nSPS) is 11.4. The smallest absolute Gasteiger partial charge is 0.319 e. The molecule has 2 aromatic rings. The zero-order chi connectivity index (χ0) is 16.5. The largest absolute Gasteiger partial charge is 0.416 e. The molecule has 1 amide bonds. The number of benzene rings is 2. The topological polar surface area (TPSA) is 29.1 Å². The monoisotopic (exact) mass is 331 g/mol. The zero-order valence-electron chi connectivity index (χ0n) is 11.3. The minimum Gasteiger partial charge on any atom is -0.319 e. The van der Waals surface area contributed by atoms with Gasteiger partial charge in [0, 0.05) is 5.56 Å². The van der Waals surface area contributed by atoms with Crippen LogP contribution in [0.15, 0.2) is 36.4 Å². The molecule has 2 aromatic carbocycles. The molecule has 2 rings (SSSR count). The SMILES string of the molecule is Cc1ccc(NC(=O)c2ccc(C(F)(F)F)cc2)c(F)c1Cl. The first-order valence-electron chi connectivity index (χ1n) is 6.13. The van der Waals surface area contributed by atoms with E-state index < -0.39 is 23.5 Å². The summed E-state index contributed by atoms with van der Waals surface area (Å²) in [6, 6.07) is 6.46. The standard InChI is InChI=1S/C15H10ClF4NO/c1-8-2-7-11(13(17)12(8)16)21-14(22)9-3-5-10(6-4-9)15(18,19)20/h2-7H,1H3,(H,21,22). The van der Waals surface area contributed by atoms with E-state index in [0.29, 0.717) is 5.56 Å². The average molecular weight is 332 g/mol. The van der Waals surface area contributed by atoms with Gasteiger partial charge in [0.2, 0.25) is 0 Å². The lowest BCUT2D eigenvalue weighted by Gasteiger charge is -2.10. The van der Waals surface area contributed by atoms with Crippen molar-refractivity contribution in [2.45, 2.75) is 13.1 Å². The van der Waals surface area contributed by atoms with Crippen molar-refractivity contribution in [2.75, 3.05) is 5.32 Å². The number of alkyl halides is 3. The van der Waals surface area contributed by atoms with Gasteiger partial charge in [0.1, 0.15) is 0 Å².